The highest BCUT2D eigenvalue weighted by Crippen LogP contribution is 2.20. The first-order chi connectivity index (χ1) is 16.5. The molecule has 1 heterocycles. The quantitative estimate of drug-likeness (QED) is 0.483. The van der Waals surface area contributed by atoms with Crippen LogP contribution in [0, 0.1) is 5.92 Å². The standard InChI is InChI=1S/C29H33N3O2/c1-21-9-8-18-32(19-21)20-23-14-16-25(17-15-23)28(33)31-27-13-7-6-12-26(27)29(34)30-22(2)24-10-4-3-5-11-24/h3-7,10-17,21-22H,8-9,18-20H2,1-2H3,(H,30,34)(H,31,33)/t21-,22+/m0/s1. The summed E-state index contributed by atoms with van der Waals surface area (Å²) in [5, 5.41) is 5.94. The lowest BCUT2D eigenvalue weighted by Gasteiger charge is -2.30. The summed E-state index contributed by atoms with van der Waals surface area (Å²) in [6.07, 6.45) is 2.55. The number of carbonyl (C=O) groups excluding carboxylic acids is 2. The first kappa shape index (κ1) is 23.7. The van der Waals surface area contributed by atoms with Gasteiger partial charge < -0.3 is 10.6 Å². The monoisotopic (exact) mass is 455 g/mol. The lowest BCUT2D eigenvalue weighted by molar-refractivity contribution is 0.0940. The maximum Gasteiger partial charge on any atom is 0.255 e. The minimum atomic E-state index is -0.227. The second kappa shape index (κ2) is 11.1. The number of anilines is 1. The van der Waals surface area contributed by atoms with E-state index in [9.17, 15) is 9.59 Å². The third-order valence-corrected chi connectivity index (χ3v) is 6.43. The molecular weight excluding hydrogens is 422 g/mol. The minimum Gasteiger partial charge on any atom is -0.345 e. The molecular formula is C29H33N3O2. The van der Waals surface area contributed by atoms with Crippen molar-refractivity contribution < 1.29 is 9.59 Å². The summed E-state index contributed by atoms with van der Waals surface area (Å²) in [6, 6.07) is 24.5. The number of rotatable bonds is 7. The Morgan fingerprint density at radius 2 is 1.65 bits per heavy atom. The zero-order chi connectivity index (χ0) is 23.9. The highest BCUT2D eigenvalue weighted by atomic mass is 16.2. The summed E-state index contributed by atoms with van der Waals surface area (Å²) in [7, 11) is 0. The number of para-hydroxylation sites is 1. The molecule has 1 saturated heterocycles. The minimum absolute atomic E-state index is 0.145. The van der Waals surface area contributed by atoms with Gasteiger partial charge in [-0.2, -0.15) is 0 Å². The third kappa shape index (κ3) is 6.12. The van der Waals surface area contributed by atoms with Crippen LogP contribution in [0.15, 0.2) is 78.9 Å². The molecule has 2 amide bonds. The molecule has 2 atom stereocenters. The van der Waals surface area contributed by atoms with Crippen molar-refractivity contribution in [3.63, 3.8) is 0 Å². The molecule has 1 aliphatic heterocycles. The fraction of sp³-hybridized carbons (Fsp3) is 0.310. The zero-order valence-electron chi connectivity index (χ0n) is 20.0. The molecule has 176 valence electrons. The molecule has 2 N–H and O–H groups in total. The van der Waals surface area contributed by atoms with E-state index in [0.29, 0.717) is 16.8 Å². The van der Waals surface area contributed by atoms with Gasteiger partial charge in [0.25, 0.3) is 11.8 Å². The summed E-state index contributed by atoms with van der Waals surface area (Å²) in [6.45, 7) is 7.42. The molecule has 34 heavy (non-hydrogen) atoms. The van der Waals surface area contributed by atoms with Crippen molar-refractivity contribution in [2.45, 2.75) is 39.3 Å². The van der Waals surface area contributed by atoms with Crippen LogP contribution in [0.5, 0.6) is 0 Å². The first-order valence-corrected chi connectivity index (χ1v) is 12.1. The lowest BCUT2D eigenvalue weighted by atomic mass is 9.99. The number of amides is 2. The maximum absolute atomic E-state index is 13.0. The van der Waals surface area contributed by atoms with Gasteiger partial charge in [0.15, 0.2) is 0 Å². The Kier molecular flexibility index (Phi) is 7.76. The van der Waals surface area contributed by atoms with Crippen LogP contribution in [0.4, 0.5) is 5.69 Å². The molecule has 0 bridgehead atoms. The van der Waals surface area contributed by atoms with Gasteiger partial charge in [-0.15, -0.1) is 0 Å². The van der Waals surface area contributed by atoms with Crippen LogP contribution < -0.4 is 10.6 Å². The Labute approximate surface area is 202 Å². The van der Waals surface area contributed by atoms with Crippen molar-refractivity contribution in [2.75, 3.05) is 18.4 Å². The van der Waals surface area contributed by atoms with Crippen LogP contribution >= 0.6 is 0 Å². The van der Waals surface area contributed by atoms with E-state index in [4.69, 9.17) is 0 Å². The number of hydrogen-bond donors (Lipinski definition) is 2. The fourth-order valence-electron chi connectivity index (χ4n) is 4.53. The number of benzene rings is 3. The number of likely N-dealkylation sites (tertiary alicyclic amines) is 1. The van der Waals surface area contributed by atoms with Crippen LogP contribution in [0.3, 0.4) is 0 Å². The summed E-state index contributed by atoms with van der Waals surface area (Å²) < 4.78 is 0. The van der Waals surface area contributed by atoms with E-state index in [1.54, 1.807) is 18.2 Å². The number of carbonyl (C=O) groups is 2. The Hall–Kier alpha value is -3.44. The van der Waals surface area contributed by atoms with Gasteiger partial charge in [0.1, 0.15) is 0 Å². The predicted octanol–water partition coefficient (Wildman–Crippen LogP) is 5.66. The van der Waals surface area contributed by atoms with E-state index in [1.165, 1.54) is 18.4 Å². The molecule has 1 aliphatic rings. The van der Waals surface area contributed by atoms with Gasteiger partial charge in [0.2, 0.25) is 0 Å². The van der Waals surface area contributed by atoms with Crippen molar-refractivity contribution in [3.8, 4) is 0 Å². The second-order valence-electron chi connectivity index (χ2n) is 9.28. The van der Waals surface area contributed by atoms with Gasteiger partial charge in [-0.05, 0) is 67.6 Å². The van der Waals surface area contributed by atoms with Gasteiger partial charge in [0, 0.05) is 18.7 Å². The Balaban J connectivity index is 1.40. The third-order valence-electron chi connectivity index (χ3n) is 6.43. The molecule has 5 heteroatoms. The average Bonchev–Trinajstić information content (AvgIpc) is 2.85. The molecule has 4 rings (SSSR count). The number of hydrogen-bond acceptors (Lipinski definition) is 3. The van der Waals surface area contributed by atoms with Crippen molar-refractivity contribution in [2.24, 2.45) is 5.92 Å². The lowest BCUT2D eigenvalue weighted by Crippen LogP contribution is -2.33. The van der Waals surface area contributed by atoms with E-state index in [1.807, 2.05) is 67.6 Å². The molecule has 0 aliphatic carbocycles. The fourth-order valence-corrected chi connectivity index (χ4v) is 4.53. The molecule has 0 saturated carbocycles. The SMILES string of the molecule is C[C@H]1CCCN(Cc2ccc(C(=O)Nc3ccccc3C(=O)N[C@H](C)c3ccccc3)cc2)C1. The smallest absolute Gasteiger partial charge is 0.255 e. The van der Waals surface area contributed by atoms with Crippen LogP contribution in [-0.2, 0) is 6.54 Å². The molecule has 0 radical (unpaired) electrons. The van der Waals surface area contributed by atoms with Crippen LogP contribution in [0.25, 0.3) is 0 Å². The molecule has 5 nitrogen and oxygen atoms in total. The number of nitrogens with one attached hydrogen (secondary N) is 2. The molecule has 3 aromatic carbocycles. The van der Waals surface area contributed by atoms with Gasteiger partial charge in [-0.3, -0.25) is 14.5 Å². The van der Waals surface area contributed by atoms with E-state index in [0.717, 1.165) is 31.1 Å². The van der Waals surface area contributed by atoms with E-state index < -0.39 is 0 Å². The molecule has 0 aromatic heterocycles. The van der Waals surface area contributed by atoms with E-state index >= 15 is 0 Å². The topological polar surface area (TPSA) is 61.4 Å². The number of piperidine rings is 1. The Morgan fingerprint density at radius 3 is 2.38 bits per heavy atom. The van der Waals surface area contributed by atoms with E-state index in [2.05, 4.69) is 22.5 Å². The normalized spacial score (nSPS) is 17.1. The van der Waals surface area contributed by atoms with Gasteiger partial charge in [0.05, 0.1) is 17.3 Å². The summed E-state index contributed by atoms with van der Waals surface area (Å²) in [5.41, 5.74) is 3.74. The van der Waals surface area contributed by atoms with Gasteiger partial charge >= 0.3 is 0 Å². The maximum atomic E-state index is 13.0. The molecule has 0 spiro atoms. The highest BCUT2D eigenvalue weighted by Gasteiger charge is 2.18. The van der Waals surface area contributed by atoms with Gasteiger partial charge in [-0.25, -0.2) is 0 Å². The van der Waals surface area contributed by atoms with Gasteiger partial charge in [-0.1, -0.05) is 61.5 Å². The summed E-state index contributed by atoms with van der Waals surface area (Å²) in [5.74, 6) is 0.291. The van der Waals surface area contributed by atoms with Crippen LogP contribution in [-0.4, -0.2) is 29.8 Å². The zero-order valence-corrected chi connectivity index (χ0v) is 20.0. The van der Waals surface area contributed by atoms with Crippen LogP contribution in [0.2, 0.25) is 0 Å². The van der Waals surface area contributed by atoms with E-state index in [-0.39, 0.29) is 17.9 Å². The molecule has 0 unspecified atom stereocenters. The summed E-state index contributed by atoms with van der Waals surface area (Å²) >= 11 is 0. The van der Waals surface area contributed by atoms with Crippen LogP contribution in [0.1, 0.15) is 64.6 Å². The van der Waals surface area contributed by atoms with Crippen molar-refractivity contribution in [1.29, 1.82) is 0 Å². The molecule has 1 fully saturated rings. The first-order valence-electron chi connectivity index (χ1n) is 12.1. The highest BCUT2D eigenvalue weighted by molar-refractivity contribution is 6.09. The largest absolute Gasteiger partial charge is 0.345 e. The molecule has 3 aromatic rings. The second-order valence-corrected chi connectivity index (χ2v) is 9.28. The Morgan fingerprint density at radius 1 is 0.941 bits per heavy atom. The Bertz CT molecular complexity index is 1110. The predicted molar refractivity (Wildman–Crippen MR) is 137 cm³/mol. The van der Waals surface area contributed by atoms with Crippen molar-refractivity contribution >= 4 is 17.5 Å². The summed E-state index contributed by atoms with van der Waals surface area (Å²) in [4.78, 5) is 28.4. The van der Waals surface area contributed by atoms with Crippen molar-refractivity contribution in [1.82, 2.24) is 10.2 Å². The number of nitrogens with zero attached hydrogens (tertiary/aromatic N) is 1. The average molecular weight is 456 g/mol. The van der Waals surface area contributed by atoms with Crippen molar-refractivity contribution in [3.05, 3.63) is 101 Å².